The van der Waals surface area contributed by atoms with Gasteiger partial charge in [0, 0.05) is 29.4 Å². The van der Waals surface area contributed by atoms with E-state index in [0.717, 1.165) is 10.8 Å². The summed E-state index contributed by atoms with van der Waals surface area (Å²) in [4.78, 5) is 26.5. The van der Waals surface area contributed by atoms with Crippen LogP contribution >= 0.6 is 0 Å². The first-order valence-corrected chi connectivity index (χ1v) is 4.05. The minimum absolute atomic E-state index is 0.480. The molecule has 0 atom stereocenters. The largest absolute Gasteiger partial charge is 0.367 e. The fraction of sp³-hybridized carbons (Fsp3) is 0. The lowest BCUT2D eigenvalue weighted by Crippen LogP contribution is -2.32. The maximum atomic E-state index is 11.0. The second-order valence-electron chi connectivity index (χ2n) is 2.90. The molecule has 0 radical (unpaired) electrons. The van der Waals surface area contributed by atoms with Crippen molar-refractivity contribution in [1.29, 1.82) is 0 Å². The van der Waals surface area contributed by atoms with Gasteiger partial charge < -0.3 is 0 Å². The Morgan fingerprint density at radius 2 is 2.14 bits per heavy atom. The molecule has 2 aliphatic heterocycles. The van der Waals surface area contributed by atoms with Crippen LogP contribution in [0.3, 0.4) is 0 Å². The van der Waals surface area contributed by atoms with Crippen LogP contribution in [0.2, 0.25) is 0 Å². The Kier molecular flexibility index (Phi) is 1.25. The Morgan fingerprint density at radius 3 is 3.07 bits per heavy atom. The Morgan fingerprint density at radius 1 is 1.21 bits per heavy atom. The van der Waals surface area contributed by atoms with E-state index in [2.05, 4.69) is 20.0 Å². The molecule has 0 saturated carbocycles. The van der Waals surface area contributed by atoms with Gasteiger partial charge in [0.2, 0.25) is 0 Å². The van der Waals surface area contributed by atoms with Crippen molar-refractivity contribution in [3.05, 3.63) is 22.3 Å². The molecule has 0 saturated heterocycles. The average molecular weight is 184 g/mol. The van der Waals surface area contributed by atoms with Crippen LogP contribution in [0.4, 0.5) is 10.6 Å². The summed E-state index contributed by atoms with van der Waals surface area (Å²) in [5.74, 6) is 0.607. The van der Waals surface area contributed by atoms with E-state index in [1.165, 1.54) is 6.21 Å². The first-order valence-electron chi connectivity index (χ1n) is 4.05. The highest BCUT2D eigenvalue weighted by atomic mass is 16.2. The van der Waals surface area contributed by atoms with E-state index in [1.807, 2.05) is 0 Å². The third-order valence-electron chi connectivity index (χ3n) is 2.05. The fourth-order valence-corrected chi connectivity index (χ4v) is 1.43. The second-order valence-corrected chi connectivity index (χ2v) is 2.90. The minimum Gasteiger partial charge on any atom is -0.244 e. The standard InChI is InChI=1S/C9H4N4O/c14-9-12-4-5-3-11-8-6(1-2-10-8)7(5)13-9/h1-4H. The van der Waals surface area contributed by atoms with Crippen LogP contribution in [0.25, 0.3) is 6.08 Å². The summed E-state index contributed by atoms with van der Waals surface area (Å²) < 4.78 is 0. The lowest BCUT2D eigenvalue weighted by Gasteiger charge is -1.99. The number of fused-ring (bicyclic) bond motifs is 3. The number of nitrogens with zero attached hydrogens (tertiary/aromatic N) is 4. The van der Waals surface area contributed by atoms with E-state index < -0.39 is 6.03 Å². The number of aromatic nitrogens is 1. The highest BCUT2D eigenvalue weighted by Crippen LogP contribution is 2.02. The van der Waals surface area contributed by atoms with Crippen LogP contribution in [-0.4, -0.2) is 23.4 Å². The molecule has 0 N–H and O–H groups in total. The molecule has 66 valence electrons. The molecular formula is C9H4N4O. The molecular weight excluding hydrogens is 180 g/mol. The Hall–Kier alpha value is -2.17. The highest BCUT2D eigenvalue weighted by molar-refractivity contribution is 5.98. The van der Waals surface area contributed by atoms with Gasteiger partial charge in [-0.1, -0.05) is 0 Å². The molecule has 0 aliphatic carbocycles. The molecule has 0 fully saturated rings. The van der Waals surface area contributed by atoms with Gasteiger partial charge in [-0.2, -0.15) is 9.98 Å². The van der Waals surface area contributed by atoms with Gasteiger partial charge >= 0.3 is 6.03 Å². The molecule has 0 unspecified atom stereocenters. The van der Waals surface area contributed by atoms with E-state index in [9.17, 15) is 4.79 Å². The predicted octanol–water partition coefficient (Wildman–Crippen LogP) is -0.250. The number of pyridine rings is 1. The van der Waals surface area contributed by atoms with Crippen LogP contribution in [0.1, 0.15) is 5.56 Å². The Bertz CT molecular complexity index is 612. The first kappa shape index (κ1) is 7.25. The maximum absolute atomic E-state index is 11.0. The number of carbonyl (C=O) groups excluding carboxylic acids is 1. The molecule has 3 heterocycles. The normalized spacial score (nSPS) is 15.9. The zero-order valence-electron chi connectivity index (χ0n) is 7.01. The third-order valence-corrected chi connectivity index (χ3v) is 2.05. The molecule has 5 heteroatoms. The van der Waals surface area contributed by atoms with Gasteiger partial charge in [-0.25, -0.2) is 14.8 Å². The lowest BCUT2D eigenvalue weighted by atomic mass is 10.2. The number of hydrogen-bond donors (Lipinski definition) is 0. The van der Waals surface area contributed by atoms with Crippen molar-refractivity contribution in [3.63, 3.8) is 0 Å². The summed E-state index contributed by atoms with van der Waals surface area (Å²) >= 11 is 0. The number of urea groups is 1. The summed E-state index contributed by atoms with van der Waals surface area (Å²) in [6.45, 7) is 0. The molecule has 0 aromatic carbocycles. The number of carbonyl (C=O) groups is 1. The van der Waals surface area contributed by atoms with Gasteiger partial charge in [0.15, 0.2) is 5.82 Å². The minimum atomic E-state index is -0.480. The van der Waals surface area contributed by atoms with Gasteiger partial charge in [0.05, 0.1) is 5.36 Å². The van der Waals surface area contributed by atoms with Crippen molar-refractivity contribution in [1.82, 2.24) is 4.98 Å². The second kappa shape index (κ2) is 2.41. The molecule has 0 spiro atoms. The average Bonchev–Trinajstić information content (AvgIpc) is 2.65. The zero-order chi connectivity index (χ0) is 9.54. The van der Waals surface area contributed by atoms with Crippen molar-refractivity contribution in [2.75, 3.05) is 0 Å². The zero-order valence-corrected chi connectivity index (χ0v) is 7.01. The molecule has 3 rings (SSSR count). The molecule has 14 heavy (non-hydrogen) atoms. The lowest BCUT2D eigenvalue weighted by molar-refractivity contribution is 0.256. The summed E-state index contributed by atoms with van der Waals surface area (Å²) in [5, 5.41) is 1.41. The van der Waals surface area contributed by atoms with E-state index in [4.69, 9.17) is 0 Å². The van der Waals surface area contributed by atoms with Crippen molar-refractivity contribution in [2.24, 2.45) is 15.0 Å². The number of aliphatic imine (C=N–C) groups is 2. The summed E-state index contributed by atoms with van der Waals surface area (Å²) in [5.41, 5.74) is 0.755. The topological polar surface area (TPSA) is 67.0 Å². The molecule has 5 nitrogen and oxygen atoms in total. The van der Waals surface area contributed by atoms with E-state index >= 15 is 0 Å². The fourth-order valence-electron chi connectivity index (χ4n) is 1.43. The summed E-state index contributed by atoms with van der Waals surface area (Å²) in [7, 11) is 0. The van der Waals surface area contributed by atoms with Crippen molar-refractivity contribution in [3.8, 4) is 0 Å². The number of amides is 2. The maximum Gasteiger partial charge on any atom is 0.367 e. The van der Waals surface area contributed by atoms with Crippen LogP contribution in [0.5, 0.6) is 0 Å². The molecule has 2 amide bonds. The van der Waals surface area contributed by atoms with E-state index in [1.54, 1.807) is 18.5 Å². The van der Waals surface area contributed by atoms with Gasteiger partial charge in [-0.05, 0) is 6.08 Å². The van der Waals surface area contributed by atoms with Gasteiger partial charge in [0.1, 0.15) is 0 Å². The van der Waals surface area contributed by atoms with E-state index in [0.29, 0.717) is 11.2 Å². The predicted molar refractivity (Wildman–Crippen MR) is 50.6 cm³/mol. The molecule has 1 aromatic rings. The Balaban J connectivity index is 2.51. The smallest absolute Gasteiger partial charge is 0.244 e. The SMILES string of the molecule is O=C1N=Cc2cnc3c(c2=N1)=CC=N3. The number of rotatable bonds is 0. The van der Waals surface area contributed by atoms with Gasteiger partial charge in [-0.15, -0.1) is 0 Å². The third kappa shape index (κ3) is 0.861. The summed E-state index contributed by atoms with van der Waals surface area (Å²) in [6, 6.07) is -0.480. The van der Waals surface area contributed by atoms with Crippen LogP contribution in [0.15, 0.2) is 21.2 Å². The Labute approximate surface area is 78.3 Å². The van der Waals surface area contributed by atoms with Crippen LogP contribution in [-0.2, 0) is 0 Å². The number of hydrogen-bond acceptors (Lipinski definition) is 3. The molecule has 2 aliphatic rings. The highest BCUT2D eigenvalue weighted by Gasteiger charge is 2.10. The molecule has 1 aromatic heterocycles. The monoisotopic (exact) mass is 184 g/mol. The van der Waals surface area contributed by atoms with Gasteiger partial charge in [-0.3, -0.25) is 0 Å². The summed E-state index contributed by atoms with van der Waals surface area (Å²) in [6.07, 6.45) is 6.52. The van der Waals surface area contributed by atoms with Crippen molar-refractivity contribution < 1.29 is 4.79 Å². The van der Waals surface area contributed by atoms with Crippen molar-refractivity contribution >= 4 is 30.4 Å². The molecule has 0 bridgehead atoms. The van der Waals surface area contributed by atoms with Crippen molar-refractivity contribution in [2.45, 2.75) is 0 Å². The van der Waals surface area contributed by atoms with Crippen LogP contribution in [0, 0.1) is 0 Å². The van der Waals surface area contributed by atoms with E-state index in [-0.39, 0.29) is 0 Å². The van der Waals surface area contributed by atoms with Crippen LogP contribution < -0.4 is 10.6 Å². The quantitative estimate of drug-likeness (QED) is 0.558. The first-order chi connectivity index (χ1) is 6.84. The van der Waals surface area contributed by atoms with Gasteiger partial charge in [0.25, 0.3) is 0 Å².